The molecule has 0 amide bonds. The van der Waals surface area contributed by atoms with Gasteiger partial charge >= 0.3 is 0 Å². The minimum atomic E-state index is -0.586. The van der Waals surface area contributed by atoms with Crippen molar-refractivity contribution in [2.45, 2.75) is 91.6 Å². The molecular formula is C22H36O. The molecule has 1 fully saturated rings. The maximum atomic E-state index is 11.6. The first kappa shape index (κ1) is 18.5. The normalized spacial score (nSPS) is 22.0. The lowest BCUT2D eigenvalue weighted by Gasteiger charge is -2.56. The summed E-state index contributed by atoms with van der Waals surface area (Å²) in [5.41, 5.74) is 2.23. The van der Waals surface area contributed by atoms with Gasteiger partial charge in [0, 0.05) is 0 Å². The Balaban J connectivity index is 2.11. The molecule has 0 bridgehead atoms. The summed E-state index contributed by atoms with van der Waals surface area (Å²) in [4.78, 5) is 0. The van der Waals surface area contributed by atoms with Gasteiger partial charge in [-0.2, -0.15) is 0 Å². The summed E-state index contributed by atoms with van der Waals surface area (Å²) in [7, 11) is 0. The second kappa shape index (κ2) is 6.97. The molecule has 0 radical (unpaired) electrons. The number of aryl methyl sites for hydroxylation is 2. The monoisotopic (exact) mass is 316 g/mol. The zero-order chi connectivity index (χ0) is 17.1. The summed E-state index contributed by atoms with van der Waals surface area (Å²) in [6.07, 6.45) is 9.00. The van der Waals surface area contributed by atoms with E-state index in [1.165, 1.54) is 36.8 Å². The summed E-state index contributed by atoms with van der Waals surface area (Å²) in [5, 5.41) is 11.6. The molecule has 1 aromatic carbocycles. The third-order valence-electron chi connectivity index (χ3n) is 6.43. The smallest absolute Gasteiger partial charge is 0.0752 e. The first-order chi connectivity index (χ1) is 10.7. The van der Waals surface area contributed by atoms with Crippen LogP contribution in [0, 0.1) is 10.8 Å². The average molecular weight is 317 g/mol. The van der Waals surface area contributed by atoms with E-state index in [2.05, 4.69) is 58.9 Å². The molecule has 1 aliphatic rings. The largest absolute Gasteiger partial charge is 0.389 e. The summed E-state index contributed by atoms with van der Waals surface area (Å²) in [6.45, 7) is 11.3. The van der Waals surface area contributed by atoms with Gasteiger partial charge in [0.25, 0.3) is 0 Å². The molecular weight excluding hydrogens is 280 g/mol. The van der Waals surface area contributed by atoms with Crippen LogP contribution >= 0.6 is 0 Å². The van der Waals surface area contributed by atoms with E-state index in [0.717, 1.165) is 25.7 Å². The Labute approximate surface area is 143 Å². The number of unbranched alkanes of at least 4 members (excludes halogenated alkanes) is 1. The predicted molar refractivity (Wildman–Crippen MR) is 99.7 cm³/mol. The molecule has 0 atom stereocenters. The maximum Gasteiger partial charge on any atom is 0.0752 e. The lowest BCUT2D eigenvalue weighted by Crippen LogP contribution is -2.58. The topological polar surface area (TPSA) is 20.2 Å². The zero-order valence-corrected chi connectivity index (χ0v) is 15.9. The van der Waals surface area contributed by atoms with Crippen molar-refractivity contribution in [1.82, 2.24) is 0 Å². The van der Waals surface area contributed by atoms with Crippen LogP contribution in [0.15, 0.2) is 24.3 Å². The summed E-state index contributed by atoms with van der Waals surface area (Å²) in [5.74, 6) is 0. The fraction of sp³-hybridized carbons (Fsp3) is 0.727. The Morgan fingerprint density at radius 1 is 0.957 bits per heavy atom. The molecule has 0 aliphatic heterocycles. The van der Waals surface area contributed by atoms with Gasteiger partial charge in [0.2, 0.25) is 0 Å². The van der Waals surface area contributed by atoms with Crippen molar-refractivity contribution in [3.05, 3.63) is 35.4 Å². The van der Waals surface area contributed by atoms with E-state index in [9.17, 15) is 5.11 Å². The van der Waals surface area contributed by atoms with Gasteiger partial charge in [-0.3, -0.25) is 0 Å². The highest BCUT2D eigenvalue weighted by Gasteiger charge is 2.55. The van der Waals surface area contributed by atoms with Gasteiger partial charge in [-0.05, 0) is 60.5 Å². The van der Waals surface area contributed by atoms with Gasteiger partial charge in [-0.25, -0.2) is 0 Å². The van der Waals surface area contributed by atoms with E-state index in [0.29, 0.717) is 0 Å². The van der Waals surface area contributed by atoms with Crippen LogP contribution in [0.5, 0.6) is 0 Å². The minimum Gasteiger partial charge on any atom is -0.389 e. The summed E-state index contributed by atoms with van der Waals surface area (Å²) in [6, 6.07) is 8.99. The lowest BCUT2D eigenvalue weighted by atomic mass is 9.52. The van der Waals surface area contributed by atoms with Gasteiger partial charge in [0.1, 0.15) is 0 Å². The molecule has 1 aromatic rings. The molecule has 0 saturated heterocycles. The molecule has 1 nitrogen and oxygen atoms in total. The second-order valence-electron chi connectivity index (χ2n) is 8.91. The van der Waals surface area contributed by atoms with Crippen LogP contribution in [-0.2, 0) is 12.8 Å². The van der Waals surface area contributed by atoms with Gasteiger partial charge < -0.3 is 5.11 Å². The van der Waals surface area contributed by atoms with Crippen molar-refractivity contribution in [2.24, 2.45) is 10.8 Å². The predicted octanol–water partition coefficient (Wildman–Crippen LogP) is 5.93. The third kappa shape index (κ3) is 3.82. The van der Waals surface area contributed by atoms with E-state index >= 15 is 0 Å². The van der Waals surface area contributed by atoms with Crippen LogP contribution in [0.4, 0.5) is 0 Å². The third-order valence-corrected chi connectivity index (χ3v) is 6.43. The second-order valence-corrected chi connectivity index (χ2v) is 8.91. The Morgan fingerprint density at radius 2 is 1.52 bits per heavy atom. The van der Waals surface area contributed by atoms with E-state index in [1.54, 1.807) is 0 Å². The first-order valence-electron chi connectivity index (χ1n) is 9.52. The highest BCUT2D eigenvalue weighted by molar-refractivity contribution is 5.24. The van der Waals surface area contributed by atoms with Gasteiger partial charge in [0.05, 0.1) is 5.60 Å². The molecule has 0 unspecified atom stereocenters. The van der Waals surface area contributed by atoms with Crippen LogP contribution in [0.25, 0.3) is 0 Å². The van der Waals surface area contributed by atoms with Crippen LogP contribution in [0.2, 0.25) is 0 Å². The van der Waals surface area contributed by atoms with Crippen LogP contribution in [-0.4, -0.2) is 10.7 Å². The van der Waals surface area contributed by atoms with E-state index in [4.69, 9.17) is 0 Å². The average Bonchev–Trinajstić information content (AvgIpc) is 2.49. The van der Waals surface area contributed by atoms with Crippen LogP contribution in [0.1, 0.15) is 84.3 Å². The van der Waals surface area contributed by atoms with Crippen molar-refractivity contribution in [3.63, 3.8) is 0 Å². The number of rotatable bonds is 6. The maximum absolute atomic E-state index is 11.6. The molecule has 1 N–H and O–H groups in total. The van der Waals surface area contributed by atoms with Crippen LogP contribution < -0.4 is 0 Å². The van der Waals surface area contributed by atoms with E-state index in [-0.39, 0.29) is 10.8 Å². The zero-order valence-electron chi connectivity index (χ0n) is 15.9. The molecule has 1 saturated carbocycles. The Kier molecular flexibility index (Phi) is 5.61. The van der Waals surface area contributed by atoms with Crippen molar-refractivity contribution >= 4 is 0 Å². The standard InChI is InChI=1S/C22H36O/c1-6-7-10-18-11-8-12-19(17-18)13-16-22(23)20(2,3)14-9-15-21(22,4)5/h8,11-12,17,23H,6-7,9-10,13-16H2,1-5H3. The molecule has 2 rings (SSSR count). The fourth-order valence-corrected chi connectivity index (χ4v) is 4.63. The van der Waals surface area contributed by atoms with E-state index < -0.39 is 5.60 Å². The Morgan fingerprint density at radius 3 is 2.09 bits per heavy atom. The molecule has 1 aliphatic carbocycles. The number of benzene rings is 1. The number of hydrogen-bond acceptors (Lipinski definition) is 1. The van der Waals surface area contributed by atoms with Crippen molar-refractivity contribution in [3.8, 4) is 0 Å². The van der Waals surface area contributed by atoms with E-state index in [1.807, 2.05) is 0 Å². The molecule has 0 spiro atoms. The first-order valence-corrected chi connectivity index (χ1v) is 9.52. The molecule has 0 heterocycles. The Bertz CT molecular complexity index is 496. The van der Waals surface area contributed by atoms with Crippen molar-refractivity contribution in [2.75, 3.05) is 0 Å². The minimum absolute atomic E-state index is 0.00539. The summed E-state index contributed by atoms with van der Waals surface area (Å²) >= 11 is 0. The van der Waals surface area contributed by atoms with Crippen LogP contribution in [0.3, 0.4) is 0 Å². The molecule has 0 aromatic heterocycles. The van der Waals surface area contributed by atoms with Gasteiger partial charge in [-0.15, -0.1) is 0 Å². The molecule has 1 heteroatoms. The SMILES string of the molecule is CCCCc1cccc(CCC2(O)C(C)(C)CCCC2(C)C)c1. The highest BCUT2D eigenvalue weighted by Crippen LogP contribution is 2.55. The highest BCUT2D eigenvalue weighted by atomic mass is 16.3. The Hall–Kier alpha value is -0.820. The van der Waals surface area contributed by atoms with Crippen molar-refractivity contribution < 1.29 is 5.11 Å². The summed E-state index contributed by atoms with van der Waals surface area (Å²) < 4.78 is 0. The lowest BCUT2D eigenvalue weighted by molar-refractivity contribution is -0.181. The van der Waals surface area contributed by atoms with Gasteiger partial charge in [0.15, 0.2) is 0 Å². The quantitative estimate of drug-likeness (QED) is 0.689. The fourth-order valence-electron chi connectivity index (χ4n) is 4.63. The number of hydrogen-bond donors (Lipinski definition) is 1. The number of aliphatic hydroxyl groups is 1. The molecule has 23 heavy (non-hydrogen) atoms. The van der Waals surface area contributed by atoms with Crippen molar-refractivity contribution in [1.29, 1.82) is 0 Å². The molecule has 130 valence electrons. The van der Waals surface area contributed by atoms with Gasteiger partial charge in [-0.1, -0.05) is 71.7 Å².